The number of hydrogen-bond acceptors (Lipinski definition) is 5. The summed E-state index contributed by atoms with van der Waals surface area (Å²) in [7, 11) is -3.52. The maximum absolute atomic E-state index is 12.1. The van der Waals surface area contributed by atoms with Crippen molar-refractivity contribution < 1.29 is 27.5 Å². The lowest BCUT2D eigenvalue weighted by atomic mass is 10.2. The molecule has 0 aliphatic heterocycles. The molecule has 3 N–H and O–H groups in total. The monoisotopic (exact) mass is 380 g/mol. The van der Waals surface area contributed by atoms with Crippen molar-refractivity contribution >= 4 is 21.9 Å². The molecule has 0 bridgehead atoms. The van der Waals surface area contributed by atoms with Gasteiger partial charge in [0.2, 0.25) is 10.0 Å². The maximum atomic E-state index is 12.1. The zero-order chi connectivity index (χ0) is 19.3. The molecule has 0 saturated carbocycles. The zero-order valence-corrected chi connectivity index (χ0v) is 15.2. The van der Waals surface area contributed by atoms with E-state index in [4.69, 9.17) is 9.52 Å². The van der Waals surface area contributed by atoms with Crippen LogP contribution >= 0.6 is 0 Å². The Morgan fingerprint density at radius 2 is 1.81 bits per heavy atom. The molecule has 1 aromatic heterocycles. The first-order chi connectivity index (χ1) is 12.3. The van der Waals surface area contributed by atoms with E-state index in [0.717, 1.165) is 0 Å². The highest BCUT2D eigenvalue weighted by atomic mass is 32.2. The van der Waals surface area contributed by atoms with Gasteiger partial charge in [0, 0.05) is 25.6 Å². The van der Waals surface area contributed by atoms with Gasteiger partial charge in [0.25, 0.3) is 5.91 Å². The Labute approximate surface area is 151 Å². The molecular formula is C17H20N2O6S. The topological polar surface area (TPSA) is 126 Å². The molecule has 1 amide bonds. The summed E-state index contributed by atoms with van der Waals surface area (Å²) in [5.74, 6) is -1.54. The van der Waals surface area contributed by atoms with Gasteiger partial charge in [0.1, 0.15) is 11.3 Å². The molecular weight excluding hydrogens is 360 g/mol. The van der Waals surface area contributed by atoms with Crippen molar-refractivity contribution in [1.29, 1.82) is 0 Å². The van der Waals surface area contributed by atoms with Crippen LogP contribution in [0, 0.1) is 0 Å². The van der Waals surface area contributed by atoms with E-state index >= 15 is 0 Å². The van der Waals surface area contributed by atoms with E-state index in [-0.39, 0.29) is 28.5 Å². The largest absolute Gasteiger partial charge is 0.478 e. The quantitative estimate of drug-likeness (QED) is 0.641. The summed E-state index contributed by atoms with van der Waals surface area (Å²) in [6.07, 6.45) is 0.358. The van der Waals surface area contributed by atoms with Crippen LogP contribution in [-0.2, 0) is 23.0 Å². The molecule has 2 rings (SSSR count). The molecule has 0 aliphatic rings. The smallest absolute Gasteiger partial charge is 0.339 e. The van der Waals surface area contributed by atoms with E-state index in [0.29, 0.717) is 18.5 Å². The SMILES string of the molecule is CCNS(=O)(=O)c1ccc(CNC(=O)c2cc(C(=O)O)c(CC)o2)cc1. The summed E-state index contributed by atoms with van der Waals surface area (Å²) in [5, 5.41) is 11.7. The third-order valence-electron chi connectivity index (χ3n) is 3.61. The number of aromatic carboxylic acids is 1. The Hall–Kier alpha value is -2.65. The third-order valence-corrected chi connectivity index (χ3v) is 5.17. The van der Waals surface area contributed by atoms with Crippen molar-refractivity contribution in [3.63, 3.8) is 0 Å². The van der Waals surface area contributed by atoms with Gasteiger partial charge in [-0.2, -0.15) is 0 Å². The second-order valence-corrected chi connectivity index (χ2v) is 7.20. The minimum absolute atomic E-state index is 0.0318. The van der Waals surface area contributed by atoms with E-state index in [2.05, 4.69) is 10.0 Å². The van der Waals surface area contributed by atoms with Gasteiger partial charge in [-0.25, -0.2) is 17.9 Å². The number of carbonyl (C=O) groups excluding carboxylic acids is 1. The summed E-state index contributed by atoms with van der Waals surface area (Å²) in [4.78, 5) is 23.4. The number of carbonyl (C=O) groups is 2. The van der Waals surface area contributed by atoms with Crippen LogP contribution in [0.15, 0.2) is 39.6 Å². The highest BCUT2D eigenvalue weighted by Crippen LogP contribution is 2.17. The highest BCUT2D eigenvalue weighted by Gasteiger charge is 2.20. The molecule has 0 spiro atoms. The van der Waals surface area contributed by atoms with Crippen LogP contribution in [0.25, 0.3) is 0 Å². The lowest BCUT2D eigenvalue weighted by molar-refractivity contribution is 0.0694. The first-order valence-electron chi connectivity index (χ1n) is 8.01. The summed E-state index contributed by atoms with van der Waals surface area (Å²) in [6, 6.07) is 7.27. The van der Waals surface area contributed by atoms with Crippen LogP contribution in [0.2, 0.25) is 0 Å². The molecule has 1 heterocycles. The number of furan rings is 1. The summed E-state index contributed by atoms with van der Waals surface area (Å²) < 4.78 is 31.4. The first kappa shape index (κ1) is 19.7. The molecule has 1 aromatic carbocycles. The van der Waals surface area contributed by atoms with Gasteiger partial charge in [-0.3, -0.25) is 4.79 Å². The standard InChI is InChI=1S/C17H20N2O6S/c1-3-14-13(17(21)22)9-15(25-14)16(20)18-10-11-5-7-12(8-6-11)26(23,24)19-4-2/h5-9,19H,3-4,10H2,1-2H3,(H,18,20)(H,21,22). The predicted molar refractivity (Wildman–Crippen MR) is 93.5 cm³/mol. The van der Waals surface area contributed by atoms with Crippen molar-refractivity contribution in [1.82, 2.24) is 10.0 Å². The molecule has 26 heavy (non-hydrogen) atoms. The molecule has 9 heteroatoms. The summed E-state index contributed by atoms with van der Waals surface area (Å²) in [5.41, 5.74) is 0.658. The van der Waals surface area contributed by atoms with Gasteiger partial charge < -0.3 is 14.8 Å². The van der Waals surface area contributed by atoms with Gasteiger partial charge in [0.05, 0.1) is 4.90 Å². The fraction of sp³-hybridized carbons (Fsp3) is 0.294. The number of amides is 1. The van der Waals surface area contributed by atoms with Crippen molar-refractivity contribution in [2.24, 2.45) is 0 Å². The van der Waals surface area contributed by atoms with Crippen molar-refractivity contribution in [3.8, 4) is 0 Å². The number of hydrogen-bond donors (Lipinski definition) is 3. The number of benzene rings is 1. The molecule has 0 saturated heterocycles. The second kappa shape index (κ2) is 8.15. The maximum Gasteiger partial charge on any atom is 0.339 e. The molecule has 0 radical (unpaired) electrons. The Morgan fingerprint density at radius 3 is 2.31 bits per heavy atom. The van der Waals surface area contributed by atoms with E-state index in [1.807, 2.05) is 0 Å². The van der Waals surface area contributed by atoms with Gasteiger partial charge in [-0.05, 0) is 17.7 Å². The van der Waals surface area contributed by atoms with E-state index in [1.54, 1.807) is 26.0 Å². The van der Waals surface area contributed by atoms with Crippen LogP contribution in [0.5, 0.6) is 0 Å². The highest BCUT2D eigenvalue weighted by molar-refractivity contribution is 7.89. The molecule has 8 nitrogen and oxygen atoms in total. The molecule has 2 aromatic rings. The Balaban J connectivity index is 2.05. The zero-order valence-electron chi connectivity index (χ0n) is 14.4. The van der Waals surface area contributed by atoms with Gasteiger partial charge in [0.15, 0.2) is 5.76 Å². The number of rotatable bonds is 8. The van der Waals surface area contributed by atoms with E-state index in [9.17, 15) is 18.0 Å². The van der Waals surface area contributed by atoms with Gasteiger partial charge in [-0.15, -0.1) is 0 Å². The van der Waals surface area contributed by atoms with Crippen LogP contribution in [0.3, 0.4) is 0 Å². The number of nitrogens with one attached hydrogen (secondary N) is 2. The Morgan fingerprint density at radius 1 is 1.15 bits per heavy atom. The van der Waals surface area contributed by atoms with Gasteiger partial charge >= 0.3 is 5.97 Å². The van der Waals surface area contributed by atoms with E-state index < -0.39 is 21.9 Å². The number of carboxylic acids is 1. The number of sulfonamides is 1. The molecule has 140 valence electrons. The van der Waals surface area contributed by atoms with Crippen molar-refractivity contribution in [2.45, 2.75) is 31.7 Å². The molecule has 0 atom stereocenters. The molecule has 0 unspecified atom stereocenters. The number of aryl methyl sites for hydroxylation is 1. The van der Waals surface area contributed by atoms with Crippen molar-refractivity contribution in [2.75, 3.05) is 6.54 Å². The summed E-state index contributed by atoms with van der Waals surface area (Å²) >= 11 is 0. The van der Waals surface area contributed by atoms with Crippen LogP contribution in [0.1, 0.15) is 46.1 Å². The fourth-order valence-corrected chi connectivity index (χ4v) is 3.35. The van der Waals surface area contributed by atoms with Crippen molar-refractivity contribution in [3.05, 3.63) is 53.0 Å². The summed E-state index contributed by atoms with van der Waals surface area (Å²) in [6.45, 7) is 3.86. The number of carboxylic acid groups (broad SMARTS) is 1. The molecule has 0 aliphatic carbocycles. The van der Waals surface area contributed by atoms with Crippen LogP contribution < -0.4 is 10.0 Å². The molecule has 0 fully saturated rings. The van der Waals surface area contributed by atoms with Crippen LogP contribution in [0.4, 0.5) is 0 Å². The average molecular weight is 380 g/mol. The lowest BCUT2D eigenvalue weighted by Gasteiger charge is -2.07. The first-order valence-corrected chi connectivity index (χ1v) is 9.49. The normalized spacial score (nSPS) is 11.3. The fourth-order valence-electron chi connectivity index (χ4n) is 2.31. The Kier molecular flexibility index (Phi) is 6.17. The lowest BCUT2D eigenvalue weighted by Crippen LogP contribution is -2.24. The van der Waals surface area contributed by atoms with E-state index in [1.165, 1.54) is 18.2 Å². The average Bonchev–Trinajstić information content (AvgIpc) is 3.05. The third kappa shape index (κ3) is 4.50. The van der Waals surface area contributed by atoms with Gasteiger partial charge in [-0.1, -0.05) is 26.0 Å². The Bertz CT molecular complexity index is 900. The minimum atomic E-state index is -3.52. The minimum Gasteiger partial charge on any atom is -0.478 e. The predicted octanol–water partition coefficient (Wildman–Crippen LogP) is 1.77. The van der Waals surface area contributed by atoms with Crippen LogP contribution in [-0.4, -0.2) is 31.9 Å². The second-order valence-electron chi connectivity index (χ2n) is 5.43.